The molecule has 1 nitrogen and oxygen atoms in total. The van der Waals surface area contributed by atoms with E-state index >= 15 is 0 Å². The van der Waals surface area contributed by atoms with Gasteiger partial charge in [0.1, 0.15) is 0 Å². The molecule has 0 aromatic rings. The van der Waals surface area contributed by atoms with Gasteiger partial charge in [0.2, 0.25) is 0 Å². The predicted molar refractivity (Wildman–Crippen MR) is 37.6 cm³/mol. The number of rotatable bonds is 2. The molecule has 0 rings (SSSR count). The summed E-state index contributed by atoms with van der Waals surface area (Å²) in [5.74, 6) is 0. The Labute approximate surface area is 51.1 Å². The summed E-state index contributed by atoms with van der Waals surface area (Å²) in [7, 11) is 1.88. The van der Waals surface area contributed by atoms with Crippen molar-refractivity contribution in [3.63, 3.8) is 0 Å². The maximum absolute atomic E-state index is 2.90. The zero-order chi connectivity index (χ0) is 6.41. The lowest BCUT2D eigenvalue weighted by atomic mass is 10.3. The minimum atomic E-state index is 1.32. The Bertz CT molecular complexity index is 97.0. The number of hydrogen-bond acceptors (Lipinski definition) is 1. The van der Waals surface area contributed by atoms with Crippen LogP contribution in [0.15, 0.2) is 23.9 Å². The van der Waals surface area contributed by atoms with E-state index in [1.54, 1.807) is 0 Å². The summed E-state index contributed by atoms with van der Waals surface area (Å²) < 4.78 is 0. The molecule has 0 spiro atoms. The second-order valence-corrected chi connectivity index (χ2v) is 1.89. The van der Waals surface area contributed by atoms with E-state index in [4.69, 9.17) is 0 Å². The highest BCUT2D eigenvalue weighted by atomic mass is 14.8. The van der Waals surface area contributed by atoms with E-state index in [-0.39, 0.29) is 0 Å². The van der Waals surface area contributed by atoms with Crippen LogP contribution in [0.5, 0.6) is 0 Å². The Morgan fingerprint density at radius 2 is 2.00 bits per heavy atom. The molecule has 0 amide bonds. The molecular formula is C7H13N. The Morgan fingerprint density at radius 3 is 2.38 bits per heavy atom. The van der Waals surface area contributed by atoms with Crippen LogP contribution in [-0.2, 0) is 0 Å². The van der Waals surface area contributed by atoms with Crippen molar-refractivity contribution in [2.75, 3.05) is 7.05 Å². The molecule has 0 unspecified atom stereocenters. The standard InChI is InChI=1S/C7H13N/c1-7(2)5-4-6-8-3/h4-6,8H,1-3H3/b6-4+. The summed E-state index contributed by atoms with van der Waals surface area (Å²) in [6.07, 6.45) is 5.93. The molecule has 0 fully saturated rings. The van der Waals surface area contributed by atoms with Crippen molar-refractivity contribution in [3.05, 3.63) is 23.9 Å². The van der Waals surface area contributed by atoms with Crippen LogP contribution in [0.4, 0.5) is 0 Å². The van der Waals surface area contributed by atoms with Crippen molar-refractivity contribution in [3.8, 4) is 0 Å². The molecule has 0 aliphatic heterocycles. The van der Waals surface area contributed by atoms with Crippen LogP contribution in [0.3, 0.4) is 0 Å². The van der Waals surface area contributed by atoms with E-state index in [0.29, 0.717) is 0 Å². The van der Waals surface area contributed by atoms with Crippen LogP contribution in [-0.4, -0.2) is 7.05 Å². The molecule has 0 saturated carbocycles. The maximum atomic E-state index is 2.90. The Balaban J connectivity index is 3.42. The van der Waals surface area contributed by atoms with Gasteiger partial charge in [-0.1, -0.05) is 11.6 Å². The number of hydrogen-bond donors (Lipinski definition) is 1. The quantitative estimate of drug-likeness (QED) is 0.535. The van der Waals surface area contributed by atoms with Crippen LogP contribution in [0.25, 0.3) is 0 Å². The average Bonchev–Trinajstić information content (AvgIpc) is 1.66. The minimum Gasteiger partial charge on any atom is -0.394 e. The second-order valence-electron chi connectivity index (χ2n) is 1.89. The van der Waals surface area contributed by atoms with Crippen molar-refractivity contribution in [2.24, 2.45) is 0 Å². The summed E-state index contributed by atoms with van der Waals surface area (Å²) in [4.78, 5) is 0. The zero-order valence-electron chi connectivity index (χ0n) is 5.73. The van der Waals surface area contributed by atoms with Gasteiger partial charge in [-0.25, -0.2) is 0 Å². The third-order valence-electron chi connectivity index (χ3n) is 0.692. The van der Waals surface area contributed by atoms with Crippen LogP contribution >= 0.6 is 0 Å². The summed E-state index contributed by atoms with van der Waals surface area (Å²) in [5.41, 5.74) is 1.32. The third-order valence-corrected chi connectivity index (χ3v) is 0.692. The summed E-state index contributed by atoms with van der Waals surface area (Å²) in [6, 6.07) is 0. The fraction of sp³-hybridized carbons (Fsp3) is 0.429. The van der Waals surface area contributed by atoms with E-state index in [2.05, 4.69) is 25.2 Å². The highest BCUT2D eigenvalue weighted by Crippen LogP contribution is 1.86. The molecule has 0 heterocycles. The molecule has 0 aromatic carbocycles. The first-order valence-electron chi connectivity index (χ1n) is 2.74. The van der Waals surface area contributed by atoms with Gasteiger partial charge in [-0.2, -0.15) is 0 Å². The fourth-order valence-electron chi connectivity index (χ4n) is 0.337. The lowest BCUT2D eigenvalue weighted by molar-refractivity contribution is 1.10. The van der Waals surface area contributed by atoms with Crippen LogP contribution in [0.1, 0.15) is 13.8 Å². The molecule has 1 N–H and O–H groups in total. The van der Waals surface area contributed by atoms with Crippen LogP contribution < -0.4 is 5.32 Å². The molecular weight excluding hydrogens is 98.1 g/mol. The maximum Gasteiger partial charge on any atom is 0.00277 e. The van der Waals surface area contributed by atoms with Gasteiger partial charge >= 0.3 is 0 Å². The largest absolute Gasteiger partial charge is 0.394 e. The number of allylic oxidation sites excluding steroid dienone is 3. The van der Waals surface area contributed by atoms with Crippen molar-refractivity contribution in [1.29, 1.82) is 0 Å². The van der Waals surface area contributed by atoms with E-state index in [0.717, 1.165) is 0 Å². The zero-order valence-corrected chi connectivity index (χ0v) is 5.73. The smallest absolute Gasteiger partial charge is 0.00277 e. The van der Waals surface area contributed by atoms with Gasteiger partial charge in [-0.15, -0.1) is 0 Å². The fourth-order valence-corrected chi connectivity index (χ4v) is 0.337. The molecule has 0 aliphatic carbocycles. The summed E-state index contributed by atoms with van der Waals surface area (Å²) in [6.45, 7) is 4.14. The molecule has 0 radical (unpaired) electrons. The van der Waals surface area contributed by atoms with Gasteiger partial charge in [-0.3, -0.25) is 0 Å². The lowest BCUT2D eigenvalue weighted by Crippen LogP contribution is -1.89. The average molecular weight is 111 g/mol. The molecule has 1 heteroatoms. The van der Waals surface area contributed by atoms with E-state index in [1.807, 2.05) is 19.3 Å². The van der Waals surface area contributed by atoms with E-state index < -0.39 is 0 Å². The first-order valence-corrected chi connectivity index (χ1v) is 2.74. The third kappa shape index (κ3) is 5.28. The van der Waals surface area contributed by atoms with Gasteiger partial charge in [0.15, 0.2) is 0 Å². The molecule has 8 heavy (non-hydrogen) atoms. The van der Waals surface area contributed by atoms with Crippen molar-refractivity contribution < 1.29 is 0 Å². The Kier molecular flexibility index (Phi) is 4.04. The highest BCUT2D eigenvalue weighted by molar-refractivity contribution is 5.07. The van der Waals surface area contributed by atoms with Crippen molar-refractivity contribution in [2.45, 2.75) is 13.8 Å². The molecule has 0 saturated heterocycles. The minimum absolute atomic E-state index is 1.32. The molecule has 0 bridgehead atoms. The molecule has 0 atom stereocenters. The van der Waals surface area contributed by atoms with Gasteiger partial charge in [0.25, 0.3) is 0 Å². The van der Waals surface area contributed by atoms with Gasteiger partial charge in [0, 0.05) is 7.05 Å². The highest BCUT2D eigenvalue weighted by Gasteiger charge is 1.66. The van der Waals surface area contributed by atoms with Gasteiger partial charge < -0.3 is 5.32 Å². The Morgan fingerprint density at radius 1 is 1.38 bits per heavy atom. The topological polar surface area (TPSA) is 12.0 Å². The van der Waals surface area contributed by atoms with Crippen LogP contribution in [0.2, 0.25) is 0 Å². The molecule has 0 aromatic heterocycles. The van der Waals surface area contributed by atoms with E-state index in [9.17, 15) is 0 Å². The van der Waals surface area contributed by atoms with Crippen molar-refractivity contribution in [1.82, 2.24) is 5.32 Å². The SMILES string of the molecule is CN/C=C/C=C(C)C. The number of nitrogens with one attached hydrogen (secondary N) is 1. The second kappa shape index (κ2) is 4.44. The van der Waals surface area contributed by atoms with Gasteiger partial charge in [0.05, 0.1) is 0 Å². The van der Waals surface area contributed by atoms with Crippen LogP contribution in [0, 0.1) is 0 Å². The van der Waals surface area contributed by atoms with Crippen molar-refractivity contribution >= 4 is 0 Å². The molecule has 0 aliphatic rings. The predicted octanol–water partition coefficient (Wildman–Crippen LogP) is 1.69. The molecule has 46 valence electrons. The normalized spacial score (nSPS) is 9.38. The Hall–Kier alpha value is -0.720. The first kappa shape index (κ1) is 7.28. The first-order chi connectivity index (χ1) is 3.77. The van der Waals surface area contributed by atoms with Gasteiger partial charge in [-0.05, 0) is 26.1 Å². The lowest BCUT2D eigenvalue weighted by Gasteiger charge is -1.82. The summed E-state index contributed by atoms with van der Waals surface area (Å²) >= 11 is 0. The monoisotopic (exact) mass is 111 g/mol. The van der Waals surface area contributed by atoms with E-state index in [1.165, 1.54) is 5.57 Å². The summed E-state index contributed by atoms with van der Waals surface area (Å²) in [5, 5.41) is 2.90.